The third-order valence-corrected chi connectivity index (χ3v) is 14.0. The van der Waals surface area contributed by atoms with Crippen LogP contribution < -0.4 is 21.9 Å². The molecule has 1 aromatic carbocycles. The van der Waals surface area contributed by atoms with Gasteiger partial charge in [-0.05, 0) is 85.3 Å². The average molecular weight is 959 g/mol. The van der Waals surface area contributed by atoms with E-state index in [4.69, 9.17) is 32.7 Å². The van der Waals surface area contributed by atoms with E-state index in [9.17, 15) is 29.2 Å². The largest absolute Gasteiger partial charge is 0.456 e. The highest BCUT2D eigenvalue weighted by molar-refractivity contribution is 7.44. The standard InChI is InChI=1S/C48H75N6O12P/c1-10-37-34(8)41(65-46(58)36-22-15-14-16-23-36)40(51-35(9)55)47(64-37)61-28-20-17-24-39(56)50-26-18-12-13-19-27-60-42-38(11-2)63-45(53-30-33(7)44(57)52-48(53)59)43(42)66-67(62-29-21-25-49)54(31(3)4)32(5)6/h14-16,22-23,30-32,34,37-38,40-43,45,47H,10-13,17-21,24,26-29H2,1-9H3,(H,50,56)(H,51,55)(H,52,57,59)/t34-,37+,38+,40+,41-,42?,43-,45+,47+,67?/m0/s1. The maximum atomic E-state index is 13.2. The Bertz CT molecular complexity index is 1990. The number of aromatic nitrogens is 2. The number of benzene rings is 1. The van der Waals surface area contributed by atoms with Crippen molar-refractivity contribution in [2.75, 3.05) is 26.4 Å². The van der Waals surface area contributed by atoms with Crippen LogP contribution in [0.4, 0.5) is 0 Å². The minimum absolute atomic E-state index is 0.0418. The number of esters is 1. The minimum Gasteiger partial charge on any atom is -0.456 e. The number of aryl methyl sites for hydroxylation is 1. The molecule has 0 radical (unpaired) electrons. The van der Waals surface area contributed by atoms with Crippen molar-refractivity contribution in [1.29, 1.82) is 5.26 Å². The maximum Gasteiger partial charge on any atom is 0.338 e. The first kappa shape index (κ1) is 55.5. The zero-order chi connectivity index (χ0) is 49.0. The van der Waals surface area contributed by atoms with E-state index in [0.717, 1.165) is 25.7 Å². The second-order valence-corrected chi connectivity index (χ2v) is 19.2. The second kappa shape index (κ2) is 28.4. The van der Waals surface area contributed by atoms with E-state index in [1.807, 2.05) is 54.5 Å². The lowest BCUT2D eigenvalue weighted by atomic mass is 9.87. The summed E-state index contributed by atoms with van der Waals surface area (Å²) in [6.07, 6.45) is 3.28. The Labute approximate surface area is 397 Å². The molecule has 2 amide bonds. The summed E-state index contributed by atoms with van der Waals surface area (Å²) in [4.78, 5) is 65.9. The van der Waals surface area contributed by atoms with E-state index < -0.39 is 68.7 Å². The highest BCUT2D eigenvalue weighted by Gasteiger charge is 2.50. The molecular formula is C48H75N6O12P. The Morgan fingerprint density at radius 3 is 2.22 bits per heavy atom. The molecule has 2 fully saturated rings. The lowest BCUT2D eigenvalue weighted by Gasteiger charge is -2.45. The molecule has 1 aromatic heterocycles. The van der Waals surface area contributed by atoms with Gasteiger partial charge >= 0.3 is 11.7 Å². The van der Waals surface area contributed by atoms with Crippen molar-refractivity contribution in [1.82, 2.24) is 24.9 Å². The van der Waals surface area contributed by atoms with Gasteiger partial charge in [-0.2, -0.15) is 5.26 Å². The zero-order valence-electron chi connectivity index (χ0n) is 40.9. The molecule has 3 N–H and O–H groups in total. The number of hydrogen-bond donors (Lipinski definition) is 3. The van der Waals surface area contributed by atoms with Gasteiger partial charge in [0.15, 0.2) is 12.5 Å². The van der Waals surface area contributed by atoms with E-state index >= 15 is 0 Å². The van der Waals surface area contributed by atoms with Gasteiger partial charge in [0.05, 0.1) is 36.9 Å². The van der Waals surface area contributed by atoms with Gasteiger partial charge in [0.25, 0.3) is 14.1 Å². The molecule has 67 heavy (non-hydrogen) atoms. The number of hydrogen-bond acceptors (Lipinski definition) is 14. The Morgan fingerprint density at radius 1 is 0.896 bits per heavy atom. The van der Waals surface area contributed by atoms with Gasteiger partial charge in [-0.3, -0.25) is 23.9 Å². The summed E-state index contributed by atoms with van der Waals surface area (Å²) < 4.78 is 47.9. The van der Waals surface area contributed by atoms with Crippen LogP contribution in [0.1, 0.15) is 142 Å². The van der Waals surface area contributed by atoms with Crippen molar-refractivity contribution in [2.45, 2.75) is 188 Å². The third kappa shape index (κ3) is 16.6. The predicted octanol–water partition coefficient (Wildman–Crippen LogP) is 6.56. The van der Waals surface area contributed by atoms with Crippen LogP contribution in [0.5, 0.6) is 0 Å². The number of unbranched alkanes of at least 4 members (excludes halogenated alkanes) is 4. The first-order chi connectivity index (χ1) is 32.1. The van der Waals surface area contributed by atoms with Crippen LogP contribution in [0.2, 0.25) is 0 Å². The van der Waals surface area contributed by atoms with Crippen molar-refractivity contribution < 1.29 is 47.1 Å². The molecule has 2 aliphatic rings. The number of ether oxygens (including phenoxy) is 5. The van der Waals surface area contributed by atoms with E-state index in [1.165, 1.54) is 17.7 Å². The van der Waals surface area contributed by atoms with Gasteiger partial charge in [-0.25, -0.2) is 14.3 Å². The molecular weight excluding hydrogens is 884 g/mol. The van der Waals surface area contributed by atoms with Gasteiger partial charge < -0.3 is 43.4 Å². The molecule has 2 aliphatic heterocycles. The number of carbonyl (C=O) groups is 3. The van der Waals surface area contributed by atoms with Crippen molar-refractivity contribution in [2.24, 2.45) is 5.92 Å². The molecule has 0 bridgehead atoms. The van der Waals surface area contributed by atoms with Crippen LogP contribution in [0.25, 0.3) is 0 Å². The fourth-order valence-corrected chi connectivity index (χ4v) is 10.2. The minimum atomic E-state index is -1.72. The lowest BCUT2D eigenvalue weighted by molar-refractivity contribution is -0.249. The summed E-state index contributed by atoms with van der Waals surface area (Å²) in [5.41, 5.74) is -0.326. The van der Waals surface area contributed by atoms with Gasteiger partial charge in [-0.1, -0.05) is 51.8 Å². The van der Waals surface area contributed by atoms with Gasteiger partial charge in [0, 0.05) is 62.9 Å². The summed E-state index contributed by atoms with van der Waals surface area (Å²) in [6.45, 7) is 18.5. The summed E-state index contributed by atoms with van der Waals surface area (Å²) in [6, 6.07) is 10.2. The molecule has 19 heteroatoms. The predicted molar refractivity (Wildman–Crippen MR) is 253 cm³/mol. The lowest BCUT2D eigenvalue weighted by Crippen LogP contribution is -2.62. The van der Waals surface area contributed by atoms with E-state index in [1.54, 1.807) is 31.2 Å². The number of nitrogens with one attached hydrogen (secondary N) is 3. The molecule has 3 heterocycles. The molecule has 2 saturated heterocycles. The van der Waals surface area contributed by atoms with Crippen molar-refractivity contribution in [3.63, 3.8) is 0 Å². The van der Waals surface area contributed by atoms with E-state index in [2.05, 4.69) is 26.4 Å². The Balaban J connectivity index is 1.24. The monoisotopic (exact) mass is 959 g/mol. The van der Waals surface area contributed by atoms with Crippen LogP contribution in [0.15, 0.2) is 46.1 Å². The molecule has 2 unspecified atom stereocenters. The number of nitriles is 1. The Morgan fingerprint density at radius 2 is 1.57 bits per heavy atom. The molecule has 0 saturated carbocycles. The molecule has 18 nitrogen and oxygen atoms in total. The van der Waals surface area contributed by atoms with Crippen molar-refractivity contribution in [3.8, 4) is 6.07 Å². The average Bonchev–Trinajstić information content (AvgIpc) is 3.63. The van der Waals surface area contributed by atoms with Crippen LogP contribution in [-0.4, -0.2) is 113 Å². The highest BCUT2D eigenvalue weighted by Crippen LogP contribution is 2.51. The molecule has 10 atom stereocenters. The molecule has 0 aliphatic carbocycles. The highest BCUT2D eigenvalue weighted by atomic mass is 31.2. The molecule has 4 rings (SSSR count). The number of H-pyrrole nitrogens is 1. The van der Waals surface area contributed by atoms with Crippen LogP contribution in [0, 0.1) is 24.2 Å². The SMILES string of the molecule is CC[C@H]1O[C@@H](n2cc(C)c(=O)[nH]c2=O)[C@@H](OP(OCCC#N)N(C(C)C)C(C)C)C1OCCCCCCNC(=O)CCCCO[C@@H]1O[C@H](CC)[C@H](C)[C@H](OC(=O)c2ccccc2)[C@H]1NC(C)=O. The van der Waals surface area contributed by atoms with Crippen LogP contribution >= 0.6 is 8.53 Å². The maximum absolute atomic E-state index is 13.2. The summed E-state index contributed by atoms with van der Waals surface area (Å²) in [5, 5.41) is 15.2. The zero-order valence-corrected chi connectivity index (χ0v) is 41.8. The van der Waals surface area contributed by atoms with E-state index in [-0.39, 0.29) is 55.6 Å². The fourth-order valence-electron chi connectivity index (χ4n) is 8.47. The summed E-state index contributed by atoms with van der Waals surface area (Å²) >= 11 is 0. The Kier molecular flexibility index (Phi) is 23.6. The topological polar surface area (TPSA) is 222 Å². The first-order valence-corrected chi connectivity index (χ1v) is 25.2. The van der Waals surface area contributed by atoms with Crippen LogP contribution in [-0.2, 0) is 42.3 Å². The van der Waals surface area contributed by atoms with Crippen LogP contribution in [0.3, 0.4) is 0 Å². The van der Waals surface area contributed by atoms with Gasteiger partial charge in [0.2, 0.25) is 11.8 Å². The summed E-state index contributed by atoms with van der Waals surface area (Å²) in [5.74, 6) is -1.02. The van der Waals surface area contributed by atoms with Crippen molar-refractivity contribution >= 4 is 26.3 Å². The number of rotatable bonds is 28. The quantitative estimate of drug-likeness (QED) is 0.0467. The fraction of sp³-hybridized carbons (Fsp3) is 0.708. The number of aromatic amines is 1. The molecule has 2 aromatic rings. The molecule has 0 spiro atoms. The number of nitrogens with zero attached hydrogens (tertiary/aromatic N) is 3. The van der Waals surface area contributed by atoms with Gasteiger partial charge in [-0.15, -0.1) is 0 Å². The van der Waals surface area contributed by atoms with E-state index in [0.29, 0.717) is 56.4 Å². The third-order valence-electron chi connectivity index (χ3n) is 11.9. The number of amides is 2. The summed E-state index contributed by atoms with van der Waals surface area (Å²) in [7, 11) is -1.72. The Hall–Kier alpha value is -4.05. The number of carbonyl (C=O) groups excluding carboxylic acids is 3. The molecule has 374 valence electrons. The first-order valence-electron chi connectivity index (χ1n) is 24.0. The van der Waals surface area contributed by atoms with Crippen molar-refractivity contribution in [3.05, 3.63) is 68.5 Å². The smallest absolute Gasteiger partial charge is 0.338 e. The van der Waals surface area contributed by atoms with Gasteiger partial charge in [0.1, 0.15) is 24.4 Å². The normalized spacial score (nSPS) is 24.4. The second-order valence-electron chi connectivity index (χ2n) is 17.8.